The molecule has 2 atom stereocenters. The van der Waals surface area contributed by atoms with Crippen LogP contribution in [0, 0.1) is 5.92 Å². The molecule has 1 rings (SSSR count). The molecule has 0 bridgehead atoms. The molecular formula is C11H17N3O3. The van der Waals surface area contributed by atoms with Crippen LogP contribution in [-0.4, -0.2) is 32.6 Å². The highest BCUT2D eigenvalue weighted by molar-refractivity contribution is 5.95. The smallest absolute Gasteiger partial charge is 0.326 e. The fourth-order valence-corrected chi connectivity index (χ4v) is 1.47. The van der Waals surface area contributed by atoms with Gasteiger partial charge in [0.05, 0.1) is 12.5 Å². The molecule has 17 heavy (non-hydrogen) atoms. The number of rotatable bonds is 5. The van der Waals surface area contributed by atoms with Gasteiger partial charge in [0.1, 0.15) is 11.7 Å². The van der Waals surface area contributed by atoms with Crippen molar-refractivity contribution in [1.29, 1.82) is 0 Å². The maximum Gasteiger partial charge on any atom is 0.326 e. The van der Waals surface area contributed by atoms with Crippen LogP contribution in [0.25, 0.3) is 0 Å². The standard InChI is InChI=1S/C11H17N3O3/c1-4-7(2)9(11(16)17)13-10(15)8-5-12-6-14(8)3/h5-7,9H,4H2,1-3H3,(H,13,15)(H,16,17). The van der Waals surface area contributed by atoms with Crippen molar-refractivity contribution in [2.24, 2.45) is 13.0 Å². The van der Waals surface area contributed by atoms with Crippen LogP contribution in [0.2, 0.25) is 0 Å². The van der Waals surface area contributed by atoms with E-state index in [0.29, 0.717) is 12.1 Å². The Kier molecular flexibility index (Phi) is 4.25. The average Bonchev–Trinajstić information content (AvgIpc) is 2.70. The predicted molar refractivity (Wildman–Crippen MR) is 61.6 cm³/mol. The maximum absolute atomic E-state index is 11.8. The molecule has 1 aromatic rings. The summed E-state index contributed by atoms with van der Waals surface area (Å²) < 4.78 is 1.55. The van der Waals surface area contributed by atoms with Crippen LogP contribution < -0.4 is 5.32 Å². The Hall–Kier alpha value is -1.85. The first-order valence-electron chi connectivity index (χ1n) is 5.47. The van der Waals surface area contributed by atoms with Crippen LogP contribution in [0.1, 0.15) is 30.8 Å². The second-order valence-corrected chi connectivity index (χ2v) is 4.06. The summed E-state index contributed by atoms with van der Waals surface area (Å²) in [6, 6.07) is -0.873. The lowest BCUT2D eigenvalue weighted by molar-refractivity contribution is -0.140. The van der Waals surface area contributed by atoms with E-state index in [1.807, 2.05) is 6.92 Å². The zero-order chi connectivity index (χ0) is 13.0. The number of carboxylic acid groups (broad SMARTS) is 1. The molecule has 0 radical (unpaired) electrons. The first-order valence-corrected chi connectivity index (χ1v) is 5.47. The van der Waals surface area contributed by atoms with Crippen molar-refractivity contribution in [1.82, 2.24) is 14.9 Å². The fourth-order valence-electron chi connectivity index (χ4n) is 1.47. The fraction of sp³-hybridized carbons (Fsp3) is 0.545. The molecule has 0 spiro atoms. The van der Waals surface area contributed by atoms with Crippen molar-refractivity contribution in [2.45, 2.75) is 26.3 Å². The van der Waals surface area contributed by atoms with E-state index in [1.165, 1.54) is 12.5 Å². The Labute approximate surface area is 99.7 Å². The summed E-state index contributed by atoms with van der Waals surface area (Å²) in [7, 11) is 1.68. The Morgan fingerprint density at radius 3 is 2.65 bits per heavy atom. The Balaban J connectivity index is 2.78. The molecule has 94 valence electrons. The average molecular weight is 239 g/mol. The van der Waals surface area contributed by atoms with E-state index in [9.17, 15) is 9.59 Å². The molecule has 0 aromatic carbocycles. The lowest BCUT2D eigenvalue weighted by Crippen LogP contribution is -2.45. The van der Waals surface area contributed by atoms with Crippen molar-refractivity contribution in [3.05, 3.63) is 18.2 Å². The third kappa shape index (κ3) is 3.05. The molecule has 2 N–H and O–H groups in total. The van der Waals surface area contributed by atoms with E-state index in [-0.39, 0.29) is 5.92 Å². The number of nitrogens with one attached hydrogen (secondary N) is 1. The minimum Gasteiger partial charge on any atom is -0.480 e. The van der Waals surface area contributed by atoms with E-state index in [0.717, 1.165) is 0 Å². The molecule has 0 aliphatic carbocycles. The van der Waals surface area contributed by atoms with Crippen molar-refractivity contribution >= 4 is 11.9 Å². The molecule has 0 aliphatic rings. The summed E-state index contributed by atoms with van der Waals surface area (Å²) in [6.45, 7) is 3.68. The van der Waals surface area contributed by atoms with Gasteiger partial charge < -0.3 is 15.0 Å². The molecule has 0 aliphatic heterocycles. The number of carbonyl (C=O) groups excluding carboxylic acids is 1. The summed E-state index contributed by atoms with van der Waals surface area (Å²) in [5.74, 6) is -1.56. The summed E-state index contributed by atoms with van der Waals surface area (Å²) in [6.07, 6.45) is 3.58. The molecule has 0 fully saturated rings. The molecular weight excluding hydrogens is 222 g/mol. The van der Waals surface area contributed by atoms with Crippen LogP contribution in [0.4, 0.5) is 0 Å². The van der Waals surface area contributed by atoms with Crippen LogP contribution in [0.3, 0.4) is 0 Å². The van der Waals surface area contributed by atoms with Crippen molar-refractivity contribution < 1.29 is 14.7 Å². The van der Waals surface area contributed by atoms with Gasteiger partial charge in [0.15, 0.2) is 0 Å². The van der Waals surface area contributed by atoms with E-state index in [1.54, 1.807) is 18.5 Å². The van der Waals surface area contributed by atoms with Gasteiger partial charge in [-0.25, -0.2) is 9.78 Å². The molecule has 0 saturated heterocycles. The number of nitrogens with zero attached hydrogens (tertiary/aromatic N) is 2. The first kappa shape index (κ1) is 13.2. The van der Waals surface area contributed by atoms with Gasteiger partial charge in [-0.1, -0.05) is 20.3 Å². The molecule has 0 saturated carbocycles. The number of imidazole rings is 1. The molecule has 1 heterocycles. The number of hydrogen-bond acceptors (Lipinski definition) is 3. The monoisotopic (exact) mass is 239 g/mol. The van der Waals surface area contributed by atoms with Gasteiger partial charge in [0.25, 0.3) is 5.91 Å². The number of aryl methyl sites for hydroxylation is 1. The molecule has 1 aromatic heterocycles. The van der Waals surface area contributed by atoms with Gasteiger partial charge in [-0.05, 0) is 5.92 Å². The molecule has 2 unspecified atom stereocenters. The summed E-state index contributed by atoms with van der Waals surface area (Å²) >= 11 is 0. The molecule has 1 amide bonds. The summed E-state index contributed by atoms with van der Waals surface area (Å²) in [4.78, 5) is 26.7. The van der Waals surface area contributed by atoms with Crippen molar-refractivity contribution in [3.8, 4) is 0 Å². The zero-order valence-corrected chi connectivity index (χ0v) is 10.2. The molecule has 6 nitrogen and oxygen atoms in total. The minimum absolute atomic E-state index is 0.121. The number of amides is 1. The maximum atomic E-state index is 11.8. The van der Waals surface area contributed by atoms with E-state index in [2.05, 4.69) is 10.3 Å². The third-order valence-electron chi connectivity index (χ3n) is 2.81. The van der Waals surface area contributed by atoms with Crippen molar-refractivity contribution in [2.75, 3.05) is 0 Å². The van der Waals surface area contributed by atoms with E-state index in [4.69, 9.17) is 5.11 Å². The van der Waals surface area contributed by atoms with Gasteiger partial charge in [0.2, 0.25) is 0 Å². The SMILES string of the molecule is CCC(C)C(NC(=O)c1cncn1C)C(=O)O. The number of carbonyl (C=O) groups is 2. The van der Waals surface area contributed by atoms with Crippen LogP contribution >= 0.6 is 0 Å². The highest BCUT2D eigenvalue weighted by Gasteiger charge is 2.26. The minimum atomic E-state index is -1.02. The zero-order valence-electron chi connectivity index (χ0n) is 10.2. The van der Waals surface area contributed by atoms with Crippen LogP contribution in [0.5, 0.6) is 0 Å². The first-order chi connectivity index (χ1) is 7.97. The van der Waals surface area contributed by atoms with Crippen LogP contribution in [0.15, 0.2) is 12.5 Å². The van der Waals surface area contributed by atoms with Gasteiger partial charge in [-0.3, -0.25) is 4.79 Å². The normalized spacial score (nSPS) is 14.1. The Morgan fingerprint density at radius 1 is 1.59 bits per heavy atom. The van der Waals surface area contributed by atoms with Crippen molar-refractivity contribution in [3.63, 3.8) is 0 Å². The van der Waals surface area contributed by atoms with Gasteiger partial charge >= 0.3 is 5.97 Å². The highest BCUT2D eigenvalue weighted by atomic mass is 16.4. The lowest BCUT2D eigenvalue weighted by atomic mass is 9.99. The lowest BCUT2D eigenvalue weighted by Gasteiger charge is -2.19. The van der Waals surface area contributed by atoms with Crippen LogP contribution in [-0.2, 0) is 11.8 Å². The summed E-state index contributed by atoms with van der Waals surface area (Å²) in [5, 5.41) is 11.6. The largest absolute Gasteiger partial charge is 0.480 e. The third-order valence-corrected chi connectivity index (χ3v) is 2.81. The second kappa shape index (κ2) is 5.47. The Bertz CT molecular complexity index is 414. The molecule has 6 heteroatoms. The topological polar surface area (TPSA) is 84.2 Å². The van der Waals surface area contributed by atoms with Gasteiger partial charge in [0, 0.05) is 7.05 Å². The van der Waals surface area contributed by atoms with Gasteiger partial charge in [-0.2, -0.15) is 0 Å². The van der Waals surface area contributed by atoms with Gasteiger partial charge in [-0.15, -0.1) is 0 Å². The highest BCUT2D eigenvalue weighted by Crippen LogP contribution is 2.09. The number of carboxylic acids is 1. The summed E-state index contributed by atoms with van der Waals surface area (Å²) in [5.41, 5.74) is 0.347. The number of aliphatic carboxylic acids is 1. The number of hydrogen-bond donors (Lipinski definition) is 2. The predicted octanol–water partition coefficient (Wildman–Crippen LogP) is 0.649. The van der Waals surface area contributed by atoms with E-state index >= 15 is 0 Å². The number of aromatic nitrogens is 2. The second-order valence-electron chi connectivity index (χ2n) is 4.06. The van der Waals surface area contributed by atoms with E-state index < -0.39 is 17.9 Å². The quantitative estimate of drug-likeness (QED) is 0.790. The Morgan fingerprint density at radius 2 is 2.24 bits per heavy atom.